The van der Waals surface area contributed by atoms with E-state index in [0.29, 0.717) is 17.7 Å². The van der Waals surface area contributed by atoms with Crippen LogP contribution in [0.2, 0.25) is 0 Å². The van der Waals surface area contributed by atoms with E-state index in [4.69, 9.17) is 0 Å². The van der Waals surface area contributed by atoms with Gasteiger partial charge in [0.2, 0.25) is 0 Å². The molecule has 0 radical (unpaired) electrons. The molecule has 0 atom stereocenters. The Bertz CT molecular complexity index is 753. The van der Waals surface area contributed by atoms with Gasteiger partial charge < -0.3 is 10.6 Å². The van der Waals surface area contributed by atoms with Gasteiger partial charge in [0.25, 0.3) is 11.8 Å². The summed E-state index contributed by atoms with van der Waals surface area (Å²) in [6.45, 7) is 6.77. The number of carbonyl (C=O) groups is 2. The van der Waals surface area contributed by atoms with Crippen LogP contribution in [0.5, 0.6) is 0 Å². The number of unbranched alkanes of at least 4 members (excludes halogenated alkanes) is 2. The highest BCUT2D eigenvalue weighted by atomic mass is 16.2. The molecule has 2 aromatic carbocycles. The second kappa shape index (κ2) is 9.02. The largest absolute Gasteiger partial charge is 0.352 e. The molecule has 2 N–H and O–H groups in total. The van der Waals surface area contributed by atoms with E-state index in [1.54, 1.807) is 24.3 Å². The Morgan fingerprint density at radius 3 is 2.32 bits per heavy atom. The predicted octanol–water partition coefficient (Wildman–Crippen LogP) is 4.48. The van der Waals surface area contributed by atoms with E-state index in [-0.39, 0.29) is 11.8 Å². The minimum atomic E-state index is -0.214. The van der Waals surface area contributed by atoms with Crippen LogP contribution in [0.15, 0.2) is 42.5 Å². The molecule has 0 saturated carbocycles. The molecule has 0 unspecified atom stereocenters. The van der Waals surface area contributed by atoms with Crippen LogP contribution in [-0.4, -0.2) is 18.4 Å². The average Bonchev–Trinajstić information content (AvgIpc) is 2.62. The van der Waals surface area contributed by atoms with Crippen molar-refractivity contribution >= 4 is 17.5 Å². The second-order valence-electron chi connectivity index (χ2n) is 6.25. The molecule has 2 aromatic rings. The molecule has 2 rings (SSSR count). The average molecular weight is 338 g/mol. The molecular formula is C21H26N2O2. The number of hydrogen-bond acceptors (Lipinski definition) is 2. The fraction of sp³-hybridized carbons (Fsp3) is 0.333. The molecule has 0 spiro atoms. The number of nitrogens with one attached hydrogen (secondary N) is 2. The van der Waals surface area contributed by atoms with Crippen molar-refractivity contribution in [1.82, 2.24) is 5.32 Å². The first-order valence-corrected chi connectivity index (χ1v) is 8.78. The number of carbonyl (C=O) groups excluding carboxylic acids is 2. The van der Waals surface area contributed by atoms with Crippen LogP contribution in [0.1, 0.15) is 58.0 Å². The summed E-state index contributed by atoms with van der Waals surface area (Å²) in [5.74, 6) is -0.355. The molecule has 0 aliphatic heterocycles. The van der Waals surface area contributed by atoms with Crippen molar-refractivity contribution in [3.63, 3.8) is 0 Å². The van der Waals surface area contributed by atoms with Gasteiger partial charge in [0.15, 0.2) is 0 Å². The smallest absolute Gasteiger partial charge is 0.255 e. The monoisotopic (exact) mass is 338 g/mol. The third-order valence-electron chi connectivity index (χ3n) is 4.31. The zero-order valence-corrected chi connectivity index (χ0v) is 15.2. The number of rotatable bonds is 7. The van der Waals surface area contributed by atoms with Crippen molar-refractivity contribution in [3.8, 4) is 0 Å². The summed E-state index contributed by atoms with van der Waals surface area (Å²) >= 11 is 0. The maximum Gasteiger partial charge on any atom is 0.255 e. The predicted molar refractivity (Wildman–Crippen MR) is 102 cm³/mol. The Kier molecular flexibility index (Phi) is 6.75. The van der Waals surface area contributed by atoms with Crippen molar-refractivity contribution in [2.24, 2.45) is 0 Å². The molecule has 0 aliphatic rings. The third kappa shape index (κ3) is 5.18. The lowest BCUT2D eigenvalue weighted by molar-refractivity contribution is 0.0953. The Morgan fingerprint density at radius 1 is 0.920 bits per heavy atom. The lowest BCUT2D eigenvalue weighted by Crippen LogP contribution is -2.24. The first kappa shape index (κ1) is 18.7. The van der Waals surface area contributed by atoms with Gasteiger partial charge in [-0.1, -0.05) is 38.0 Å². The molecule has 2 amide bonds. The maximum absolute atomic E-state index is 12.5. The Morgan fingerprint density at radius 2 is 1.60 bits per heavy atom. The molecule has 4 heteroatoms. The van der Waals surface area contributed by atoms with Gasteiger partial charge in [-0.2, -0.15) is 0 Å². The first-order chi connectivity index (χ1) is 12.0. The molecule has 132 valence electrons. The lowest BCUT2D eigenvalue weighted by Gasteiger charge is -2.11. The highest BCUT2D eigenvalue weighted by Crippen LogP contribution is 2.19. The van der Waals surface area contributed by atoms with Crippen LogP contribution in [0.4, 0.5) is 5.69 Å². The van der Waals surface area contributed by atoms with Gasteiger partial charge in [-0.3, -0.25) is 9.59 Å². The van der Waals surface area contributed by atoms with Gasteiger partial charge in [-0.05, 0) is 55.7 Å². The molecule has 4 nitrogen and oxygen atoms in total. The molecule has 0 aliphatic carbocycles. The van der Waals surface area contributed by atoms with Crippen molar-refractivity contribution in [3.05, 3.63) is 64.7 Å². The molecule has 0 saturated heterocycles. The molecule has 0 bridgehead atoms. The Hall–Kier alpha value is -2.62. The summed E-state index contributed by atoms with van der Waals surface area (Å²) in [7, 11) is 0. The second-order valence-corrected chi connectivity index (χ2v) is 6.25. The maximum atomic E-state index is 12.5. The summed E-state index contributed by atoms with van der Waals surface area (Å²) < 4.78 is 0. The van der Waals surface area contributed by atoms with Gasteiger partial charge in [-0.15, -0.1) is 0 Å². The highest BCUT2D eigenvalue weighted by Gasteiger charge is 2.11. The van der Waals surface area contributed by atoms with E-state index >= 15 is 0 Å². The topological polar surface area (TPSA) is 58.2 Å². The summed E-state index contributed by atoms with van der Waals surface area (Å²) in [5, 5.41) is 5.82. The molecule has 0 heterocycles. The fourth-order valence-corrected chi connectivity index (χ4v) is 2.56. The van der Waals surface area contributed by atoms with E-state index in [9.17, 15) is 9.59 Å². The summed E-state index contributed by atoms with van der Waals surface area (Å²) in [5.41, 5.74) is 3.94. The van der Waals surface area contributed by atoms with Crippen LogP contribution in [-0.2, 0) is 0 Å². The van der Waals surface area contributed by atoms with E-state index in [1.807, 2.05) is 32.0 Å². The first-order valence-electron chi connectivity index (χ1n) is 8.78. The van der Waals surface area contributed by atoms with Gasteiger partial charge >= 0.3 is 0 Å². The van der Waals surface area contributed by atoms with Crippen molar-refractivity contribution in [2.75, 3.05) is 11.9 Å². The van der Waals surface area contributed by atoms with E-state index in [1.165, 1.54) is 0 Å². The van der Waals surface area contributed by atoms with Gasteiger partial charge in [0.05, 0.1) is 0 Å². The molecule has 0 aromatic heterocycles. The standard InChI is InChI=1S/C21H26N2O2/c1-4-5-6-13-22-20(24)17-10-8-11-18(14-17)21(25)23-19-12-7-9-15(2)16(19)3/h7-12,14H,4-6,13H2,1-3H3,(H,22,24)(H,23,25). The molecule has 25 heavy (non-hydrogen) atoms. The zero-order chi connectivity index (χ0) is 18.2. The summed E-state index contributed by atoms with van der Waals surface area (Å²) in [6.07, 6.45) is 3.18. The SMILES string of the molecule is CCCCCNC(=O)c1cccc(C(=O)Nc2cccc(C)c2C)c1. The molecular weight excluding hydrogens is 312 g/mol. The van der Waals surface area contributed by atoms with E-state index in [0.717, 1.165) is 36.1 Å². The normalized spacial score (nSPS) is 10.4. The van der Waals surface area contributed by atoms with Crippen molar-refractivity contribution < 1.29 is 9.59 Å². The highest BCUT2D eigenvalue weighted by molar-refractivity contribution is 6.06. The summed E-state index contributed by atoms with van der Waals surface area (Å²) in [6, 6.07) is 12.6. The van der Waals surface area contributed by atoms with Crippen LogP contribution in [0.3, 0.4) is 0 Å². The van der Waals surface area contributed by atoms with E-state index in [2.05, 4.69) is 17.6 Å². The number of anilines is 1. The number of benzene rings is 2. The number of hydrogen-bond donors (Lipinski definition) is 2. The van der Waals surface area contributed by atoms with Gasteiger partial charge in [0.1, 0.15) is 0 Å². The minimum absolute atomic E-state index is 0.141. The third-order valence-corrected chi connectivity index (χ3v) is 4.31. The van der Waals surface area contributed by atoms with Gasteiger partial charge in [0, 0.05) is 23.4 Å². The lowest BCUT2D eigenvalue weighted by atomic mass is 10.1. The van der Waals surface area contributed by atoms with Crippen LogP contribution >= 0.6 is 0 Å². The summed E-state index contributed by atoms with van der Waals surface area (Å²) in [4.78, 5) is 24.7. The van der Waals surface area contributed by atoms with E-state index < -0.39 is 0 Å². The van der Waals surface area contributed by atoms with Crippen LogP contribution in [0.25, 0.3) is 0 Å². The molecule has 0 fully saturated rings. The Balaban J connectivity index is 2.06. The Labute approximate surface area is 149 Å². The van der Waals surface area contributed by atoms with Crippen LogP contribution < -0.4 is 10.6 Å². The van der Waals surface area contributed by atoms with Gasteiger partial charge in [-0.25, -0.2) is 0 Å². The number of aryl methyl sites for hydroxylation is 1. The van der Waals surface area contributed by atoms with Crippen molar-refractivity contribution in [1.29, 1.82) is 0 Å². The quantitative estimate of drug-likeness (QED) is 0.732. The number of amides is 2. The fourth-order valence-electron chi connectivity index (χ4n) is 2.56. The zero-order valence-electron chi connectivity index (χ0n) is 15.2. The minimum Gasteiger partial charge on any atom is -0.352 e. The van der Waals surface area contributed by atoms with Crippen LogP contribution in [0, 0.1) is 13.8 Å². The van der Waals surface area contributed by atoms with Crippen molar-refractivity contribution in [2.45, 2.75) is 40.0 Å².